The first-order valence-electron chi connectivity index (χ1n) is 10.9. The van der Waals surface area contributed by atoms with Crippen LogP contribution in [0.2, 0.25) is 0 Å². The fourth-order valence-corrected chi connectivity index (χ4v) is 4.93. The number of hydrogen-bond donors (Lipinski definition) is 2. The Kier molecular flexibility index (Phi) is 7.70. The van der Waals surface area contributed by atoms with Crippen LogP contribution < -0.4 is 10.6 Å². The summed E-state index contributed by atoms with van der Waals surface area (Å²) in [5.74, 6) is 1.45. The summed E-state index contributed by atoms with van der Waals surface area (Å²) in [7, 11) is 0. The molecule has 0 saturated heterocycles. The second-order valence-corrected chi connectivity index (χ2v) is 9.92. The lowest BCUT2D eigenvalue weighted by Gasteiger charge is -2.17. The zero-order chi connectivity index (χ0) is 24.1. The first kappa shape index (κ1) is 24.0. The average molecular weight is 536 g/mol. The van der Waals surface area contributed by atoms with Crippen LogP contribution in [0.5, 0.6) is 0 Å². The molecule has 34 heavy (non-hydrogen) atoms. The summed E-state index contributed by atoms with van der Waals surface area (Å²) in [5, 5.41) is 15.6. The van der Waals surface area contributed by atoms with Crippen molar-refractivity contribution in [3.63, 3.8) is 0 Å². The molecule has 1 unspecified atom stereocenters. The Morgan fingerprint density at radius 1 is 1.03 bits per heavy atom. The zero-order valence-electron chi connectivity index (χ0n) is 19.2. The summed E-state index contributed by atoms with van der Waals surface area (Å²) >= 11 is 5.05. The first-order chi connectivity index (χ1) is 16.4. The van der Waals surface area contributed by atoms with Gasteiger partial charge in [0.15, 0.2) is 11.0 Å². The molecule has 0 radical (unpaired) electrons. The summed E-state index contributed by atoms with van der Waals surface area (Å²) in [5.41, 5.74) is 5.34. The summed E-state index contributed by atoms with van der Waals surface area (Å²) < 4.78 is 2.92. The number of anilines is 1. The molecule has 1 heterocycles. The van der Waals surface area contributed by atoms with Gasteiger partial charge in [-0.25, -0.2) is 4.79 Å². The minimum absolute atomic E-state index is 0.307. The zero-order valence-corrected chi connectivity index (χ0v) is 21.7. The van der Waals surface area contributed by atoms with Crippen molar-refractivity contribution < 1.29 is 4.79 Å². The maximum atomic E-state index is 12.7. The first-order valence-corrected chi connectivity index (χ1v) is 12.7. The number of aryl methyl sites for hydroxylation is 2. The van der Waals surface area contributed by atoms with Crippen molar-refractivity contribution in [2.24, 2.45) is 0 Å². The number of rotatable bonds is 7. The van der Waals surface area contributed by atoms with Crippen molar-refractivity contribution in [3.8, 4) is 5.69 Å². The molecule has 0 aliphatic carbocycles. The summed E-state index contributed by atoms with van der Waals surface area (Å²) in [4.78, 5) is 12.7. The molecule has 4 rings (SSSR count). The van der Waals surface area contributed by atoms with Gasteiger partial charge in [-0.15, -0.1) is 10.2 Å². The molecule has 0 saturated carbocycles. The highest BCUT2D eigenvalue weighted by atomic mass is 79.9. The molecule has 0 fully saturated rings. The molecule has 8 heteroatoms. The van der Waals surface area contributed by atoms with E-state index in [4.69, 9.17) is 0 Å². The number of aromatic nitrogens is 3. The molecular weight excluding hydrogens is 510 g/mol. The van der Waals surface area contributed by atoms with Gasteiger partial charge in [0, 0.05) is 21.6 Å². The summed E-state index contributed by atoms with van der Waals surface area (Å²) in [6, 6.07) is 23.4. The highest BCUT2D eigenvalue weighted by Gasteiger charge is 2.21. The number of benzene rings is 3. The van der Waals surface area contributed by atoms with Crippen LogP contribution in [0.1, 0.15) is 35.5 Å². The molecular formula is C26H26BrN5OS. The lowest BCUT2D eigenvalue weighted by Crippen LogP contribution is -2.32. The van der Waals surface area contributed by atoms with Gasteiger partial charge in [0.2, 0.25) is 0 Å². The molecule has 0 spiro atoms. The third-order valence-electron chi connectivity index (χ3n) is 5.39. The lowest BCUT2D eigenvalue weighted by molar-refractivity contribution is 0.249. The molecule has 0 bridgehead atoms. The van der Waals surface area contributed by atoms with Gasteiger partial charge in [0.25, 0.3) is 0 Å². The maximum Gasteiger partial charge on any atom is 0.319 e. The molecule has 4 aromatic rings. The van der Waals surface area contributed by atoms with E-state index in [0.717, 1.165) is 21.1 Å². The molecule has 2 amide bonds. The van der Waals surface area contributed by atoms with Gasteiger partial charge in [0.05, 0.1) is 6.04 Å². The second-order valence-electron chi connectivity index (χ2n) is 8.06. The van der Waals surface area contributed by atoms with Crippen molar-refractivity contribution >= 4 is 39.4 Å². The third kappa shape index (κ3) is 5.87. The van der Waals surface area contributed by atoms with Gasteiger partial charge in [-0.05, 0) is 62.2 Å². The molecule has 0 aliphatic rings. The Labute approximate surface area is 212 Å². The number of carbonyl (C=O) groups is 1. The van der Waals surface area contributed by atoms with E-state index in [2.05, 4.69) is 80.9 Å². The number of halogens is 1. The van der Waals surface area contributed by atoms with Crippen LogP contribution in [0.4, 0.5) is 10.5 Å². The normalized spacial score (nSPS) is 11.8. The number of amides is 2. The minimum Gasteiger partial charge on any atom is -0.328 e. The molecule has 3 aromatic carbocycles. The van der Waals surface area contributed by atoms with Crippen LogP contribution in [-0.4, -0.2) is 20.8 Å². The van der Waals surface area contributed by atoms with Gasteiger partial charge in [-0.1, -0.05) is 75.7 Å². The Morgan fingerprint density at radius 3 is 2.53 bits per heavy atom. The molecule has 0 aliphatic heterocycles. The molecule has 1 atom stereocenters. The Balaban J connectivity index is 1.57. The number of hydrogen-bond acceptors (Lipinski definition) is 4. The van der Waals surface area contributed by atoms with Crippen LogP contribution in [0.15, 0.2) is 82.4 Å². The van der Waals surface area contributed by atoms with Gasteiger partial charge in [-0.2, -0.15) is 0 Å². The Bertz CT molecular complexity index is 1290. The summed E-state index contributed by atoms with van der Waals surface area (Å²) in [6.45, 7) is 6.08. The van der Waals surface area contributed by atoms with Crippen molar-refractivity contribution in [2.45, 2.75) is 37.7 Å². The van der Waals surface area contributed by atoms with Gasteiger partial charge in [0.1, 0.15) is 0 Å². The number of nitrogens with zero attached hydrogens (tertiary/aromatic N) is 3. The number of thioether (sulfide) groups is 1. The van der Waals surface area contributed by atoms with Crippen LogP contribution in [0.3, 0.4) is 0 Å². The molecule has 6 nitrogen and oxygen atoms in total. The average Bonchev–Trinajstić information content (AvgIpc) is 3.23. The minimum atomic E-state index is -0.367. The highest BCUT2D eigenvalue weighted by Crippen LogP contribution is 2.28. The topological polar surface area (TPSA) is 71.8 Å². The molecule has 2 N–H and O–H groups in total. The fourth-order valence-electron chi connectivity index (χ4n) is 3.50. The van der Waals surface area contributed by atoms with Crippen molar-refractivity contribution in [3.05, 3.63) is 99.8 Å². The standard InChI is InChI=1S/C26H26BrN5OS/c1-17-11-13-23(14-12-17)32-24(19(3)28-25(33)29-22-10-6-9-21(27)15-22)30-31-26(32)34-16-20-8-5-4-7-18(20)2/h4-15,19H,16H2,1-3H3,(H2,28,29,33). The van der Waals surface area contributed by atoms with Crippen LogP contribution in [-0.2, 0) is 5.75 Å². The van der Waals surface area contributed by atoms with Crippen molar-refractivity contribution in [1.82, 2.24) is 20.1 Å². The third-order valence-corrected chi connectivity index (χ3v) is 6.86. The van der Waals surface area contributed by atoms with Gasteiger partial charge < -0.3 is 10.6 Å². The van der Waals surface area contributed by atoms with E-state index in [-0.39, 0.29) is 12.1 Å². The van der Waals surface area contributed by atoms with Crippen LogP contribution >= 0.6 is 27.7 Å². The van der Waals surface area contributed by atoms with E-state index < -0.39 is 0 Å². The predicted molar refractivity (Wildman–Crippen MR) is 142 cm³/mol. The smallest absolute Gasteiger partial charge is 0.319 e. The van der Waals surface area contributed by atoms with E-state index in [1.165, 1.54) is 16.7 Å². The summed E-state index contributed by atoms with van der Waals surface area (Å²) in [6.07, 6.45) is 0. The van der Waals surface area contributed by atoms with Crippen LogP contribution in [0.25, 0.3) is 5.69 Å². The van der Waals surface area contributed by atoms with E-state index in [0.29, 0.717) is 11.5 Å². The maximum absolute atomic E-state index is 12.7. The molecule has 174 valence electrons. The van der Waals surface area contributed by atoms with Crippen molar-refractivity contribution in [2.75, 3.05) is 5.32 Å². The van der Waals surface area contributed by atoms with Gasteiger partial charge in [-0.3, -0.25) is 4.57 Å². The highest BCUT2D eigenvalue weighted by molar-refractivity contribution is 9.10. The quantitative estimate of drug-likeness (QED) is 0.254. The largest absolute Gasteiger partial charge is 0.328 e. The van der Waals surface area contributed by atoms with Gasteiger partial charge >= 0.3 is 6.03 Å². The van der Waals surface area contributed by atoms with E-state index >= 15 is 0 Å². The van der Waals surface area contributed by atoms with E-state index in [9.17, 15) is 4.79 Å². The van der Waals surface area contributed by atoms with E-state index in [1.54, 1.807) is 11.8 Å². The number of nitrogens with one attached hydrogen (secondary N) is 2. The predicted octanol–water partition coefficient (Wildman–Crippen LogP) is 6.82. The Hall–Kier alpha value is -3.10. The van der Waals surface area contributed by atoms with Crippen molar-refractivity contribution in [1.29, 1.82) is 0 Å². The second kappa shape index (κ2) is 10.9. The fraction of sp³-hybridized carbons (Fsp3) is 0.192. The molecule has 1 aromatic heterocycles. The SMILES string of the molecule is Cc1ccc(-n2c(SCc3ccccc3C)nnc2C(C)NC(=O)Nc2cccc(Br)c2)cc1. The number of carbonyl (C=O) groups excluding carboxylic acids is 1. The monoisotopic (exact) mass is 535 g/mol. The van der Waals surface area contributed by atoms with Crippen LogP contribution in [0, 0.1) is 13.8 Å². The Morgan fingerprint density at radius 2 is 1.79 bits per heavy atom. The lowest BCUT2D eigenvalue weighted by atomic mass is 10.1. The number of urea groups is 1. The van der Waals surface area contributed by atoms with E-state index in [1.807, 2.05) is 54.0 Å².